The zero-order valence-electron chi connectivity index (χ0n) is 36.4. The predicted molar refractivity (Wildman–Crippen MR) is 258 cm³/mol. The smallest absolute Gasteiger partial charge is 0.115 e. The van der Waals surface area contributed by atoms with E-state index in [9.17, 15) is 0 Å². The van der Waals surface area contributed by atoms with E-state index < -0.39 is 30.2 Å². The third-order valence-corrected chi connectivity index (χ3v) is 9.10. The van der Waals surface area contributed by atoms with Crippen LogP contribution in [-0.2, 0) is 32.1 Å². The number of phenols is 5. The standard InChI is InChI=1S/5C10H13NO2/c5*1-7(12)10(11)6-8-2-4-9(13)5-3-8/h5*2-5,10,12-13H,1,6,11H2. The highest BCUT2D eigenvalue weighted by Gasteiger charge is 2.09. The molecular weight excluding hydrogens is 831 g/mol. The van der Waals surface area contributed by atoms with Gasteiger partial charge in [0.15, 0.2) is 0 Å². The van der Waals surface area contributed by atoms with Crippen molar-refractivity contribution in [2.45, 2.75) is 62.3 Å². The molecule has 0 aliphatic carbocycles. The molecule has 0 aromatic heterocycles. The van der Waals surface area contributed by atoms with Crippen LogP contribution in [0.15, 0.2) is 183 Å². The van der Waals surface area contributed by atoms with Gasteiger partial charge in [0.2, 0.25) is 0 Å². The van der Waals surface area contributed by atoms with Gasteiger partial charge in [-0.15, -0.1) is 0 Å². The van der Waals surface area contributed by atoms with Gasteiger partial charge in [0.05, 0.1) is 30.2 Å². The third kappa shape index (κ3) is 24.7. The first-order valence-corrected chi connectivity index (χ1v) is 20.0. The Morgan fingerprint density at radius 1 is 0.277 bits per heavy atom. The quantitative estimate of drug-likeness (QED) is 0.0488. The lowest BCUT2D eigenvalue weighted by Gasteiger charge is -2.09. The average Bonchev–Trinajstić information content (AvgIpc) is 3.25. The van der Waals surface area contributed by atoms with Gasteiger partial charge in [0, 0.05) is 0 Å². The average molecular weight is 896 g/mol. The molecule has 5 rings (SSSR count). The molecule has 65 heavy (non-hydrogen) atoms. The van der Waals surface area contributed by atoms with E-state index in [1.54, 1.807) is 121 Å². The molecule has 0 spiro atoms. The topological polar surface area (TPSA) is 332 Å². The molecule has 5 unspecified atom stereocenters. The van der Waals surface area contributed by atoms with Crippen LogP contribution in [0.2, 0.25) is 0 Å². The van der Waals surface area contributed by atoms with E-state index in [0.29, 0.717) is 32.1 Å². The number of phenolic OH excluding ortho intramolecular Hbond substituents is 5. The van der Waals surface area contributed by atoms with Crippen LogP contribution in [0, 0.1) is 0 Å². The molecule has 0 saturated carbocycles. The first-order chi connectivity index (χ1) is 30.5. The van der Waals surface area contributed by atoms with E-state index in [1.165, 1.54) is 0 Å². The molecule has 15 heteroatoms. The van der Waals surface area contributed by atoms with Gasteiger partial charge in [-0.3, -0.25) is 0 Å². The lowest BCUT2D eigenvalue weighted by atomic mass is 10.1. The molecule has 0 aliphatic heterocycles. The van der Waals surface area contributed by atoms with E-state index in [-0.39, 0.29) is 57.5 Å². The molecule has 20 N–H and O–H groups in total. The maximum absolute atomic E-state index is 9.00. The first kappa shape index (κ1) is 55.6. The monoisotopic (exact) mass is 895 g/mol. The molecule has 0 saturated heterocycles. The second-order valence-corrected chi connectivity index (χ2v) is 14.8. The van der Waals surface area contributed by atoms with E-state index >= 15 is 0 Å². The van der Waals surface area contributed by atoms with Crippen LogP contribution in [0.3, 0.4) is 0 Å². The van der Waals surface area contributed by atoms with Gasteiger partial charge in [0.1, 0.15) is 57.5 Å². The molecule has 0 fully saturated rings. The van der Waals surface area contributed by atoms with Crippen LogP contribution in [0.1, 0.15) is 27.8 Å². The zero-order chi connectivity index (χ0) is 49.2. The number of rotatable bonds is 15. The molecule has 5 aromatic carbocycles. The van der Waals surface area contributed by atoms with Gasteiger partial charge in [-0.05, 0) is 121 Å². The van der Waals surface area contributed by atoms with E-state index in [1.807, 2.05) is 0 Å². The second-order valence-electron chi connectivity index (χ2n) is 14.8. The fourth-order valence-electron chi connectivity index (χ4n) is 5.02. The van der Waals surface area contributed by atoms with Crippen LogP contribution >= 0.6 is 0 Å². The summed E-state index contributed by atoms with van der Waals surface area (Å²) in [6.07, 6.45) is 2.62. The van der Waals surface area contributed by atoms with Crippen molar-refractivity contribution in [3.63, 3.8) is 0 Å². The summed E-state index contributed by atoms with van der Waals surface area (Å²) in [5.74, 6) is 1.01. The fourth-order valence-corrected chi connectivity index (χ4v) is 5.02. The Hall–Kier alpha value is -7.40. The molecule has 5 aromatic rings. The Bertz CT molecular complexity index is 1830. The van der Waals surface area contributed by atoms with Crippen LogP contribution in [0.5, 0.6) is 28.7 Å². The van der Waals surface area contributed by atoms with Gasteiger partial charge in [0.25, 0.3) is 0 Å². The molecule has 0 radical (unpaired) electrons. The summed E-state index contributed by atoms with van der Waals surface area (Å²) < 4.78 is 0. The molecule has 350 valence electrons. The lowest BCUT2D eigenvalue weighted by Crippen LogP contribution is -2.24. The normalized spacial score (nSPS) is 12.4. The number of hydrogen-bond donors (Lipinski definition) is 15. The molecule has 5 atom stereocenters. The number of aliphatic hydroxyl groups excluding tert-OH is 5. The van der Waals surface area contributed by atoms with Crippen molar-refractivity contribution in [3.8, 4) is 28.7 Å². The van der Waals surface area contributed by atoms with Crippen LogP contribution in [0.25, 0.3) is 0 Å². The molecule has 15 nitrogen and oxygen atoms in total. The molecule has 0 heterocycles. The van der Waals surface area contributed by atoms with Crippen molar-refractivity contribution < 1.29 is 51.1 Å². The molecule has 0 amide bonds. The molecule has 0 aliphatic rings. The Morgan fingerprint density at radius 2 is 0.385 bits per heavy atom. The Balaban J connectivity index is 0.000000406. The summed E-state index contributed by atoms with van der Waals surface area (Å²) in [5.41, 5.74) is 32.7. The number of benzene rings is 5. The highest BCUT2D eigenvalue weighted by atomic mass is 16.3. The zero-order valence-corrected chi connectivity index (χ0v) is 36.4. The van der Waals surface area contributed by atoms with Crippen LogP contribution in [-0.4, -0.2) is 81.3 Å². The predicted octanol–water partition coefficient (Wildman–Crippen LogP) is 6.67. The second kappa shape index (κ2) is 29.1. The third-order valence-electron chi connectivity index (χ3n) is 9.10. The number of aromatic hydroxyl groups is 5. The van der Waals surface area contributed by atoms with Crippen molar-refractivity contribution >= 4 is 0 Å². The summed E-state index contributed by atoms with van der Waals surface area (Å²) in [4.78, 5) is 0. The minimum absolute atomic E-state index is 0.0203. The largest absolute Gasteiger partial charge is 0.511 e. The van der Waals surface area contributed by atoms with Crippen molar-refractivity contribution in [2.24, 2.45) is 28.7 Å². The van der Waals surface area contributed by atoms with Crippen molar-refractivity contribution in [2.75, 3.05) is 0 Å². The lowest BCUT2D eigenvalue weighted by molar-refractivity contribution is 0.368. The summed E-state index contributed by atoms with van der Waals surface area (Å²) in [7, 11) is 0. The van der Waals surface area contributed by atoms with Crippen LogP contribution in [0.4, 0.5) is 0 Å². The highest BCUT2D eigenvalue weighted by Crippen LogP contribution is 2.16. The molecule has 0 bridgehead atoms. The highest BCUT2D eigenvalue weighted by molar-refractivity contribution is 5.30. The molecular formula is C50H65N5O10. The minimum atomic E-state index is -0.440. The SMILES string of the molecule is C=C(O)C(N)Cc1ccc(O)cc1.C=C(O)C(N)Cc1ccc(O)cc1.C=C(O)C(N)Cc1ccc(O)cc1.C=C(O)C(N)Cc1ccc(O)cc1.C=C(O)C(N)Cc1ccc(O)cc1. The van der Waals surface area contributed by atoms with Crippen molar-refractivity contribution in [3.05, 3.63) is 211 Å². The Labute approximate surface area is 380 Å². The van der Waals surface area contributed by atoms with Crippen molar-refractivity contribution in [1.29, 1.82) is 0 Å². The minimum Gasteiger partial charge on any atom is -0.511 e. The summed E-state index contributed by atoms with van der Waals surface area (Å²) >= 11 is 0. The fraction of sp³-hybridized carbons (Fsp3) is 0.200. The van der Waals surface area contributed by atoms with Gasteiger partial charge >= 0.3 is 0 Å². The van der Waals surface area contributed by atoms with E-state index in [4.69, 9.17) is 79.7 Å². The first-order valence-electron chi connectivity index (χ1n) is 20.0. The summed E-state index contributed by atoms with van der Waals surface area (Å²) in [6, 6.07) is 31.3. The number of nitrogens with two attached hydrogens (primary N) is 5. The summed E-state index contributed by atoms with van der Waals surface area (Å²) in [6.45, 7) is 16.7. The van der Waals surface area contributed by atoms with Gasteiger partial charge in [-0.2, -0.15) is 0 Å². The Morgan fingerprint density at radius 3 is 0.477 bits per heavy atom. The van der Waals surface area contributed by atoms with E-state index in [0.717, 1.165) is 27.8 Å². The van der Waals surface area contributed by atoms with E-state index in [2.05, 4.69) is 32.9 Å². The number of aliphatic hydroxyl groups is 5. The summed E-state index contributed by atoms with van der Waals surface area (Å²) in [5, 5.41) is 89.8. The van der Waals surface area contributed by atoms with Gasteiger partial charge < -0.3 is 79.7 Å². The van der Waals surface area contributed by atoms with Crippen LogP contribution < -0.4 is 28.7 Å². The van der Waals surface area contributed by atoms with Crippen molar-refractivity contribution in [1.82, 2.24) is 0 Å². The maximum atomic E-state index is 9.00. The van der Waals surface area contributed by atoms with Gasteiger partial charge in [-0.25, -0.2) is 0 Å². The maximum Gasteiger partial charge on any atom is 0.115 e. The Kier molecular flexibility index (Phi) is 24.9. The van der Waals surface area contributed by atoms with Gasteiger partial charge in [-0.1, -0.05) is 93.6 Å². The number of hydrogen-bond acceptors (Lipinski definition) is 15.